The van der Waals surface area contributed by atoms with Crippen LogP contribution in [0.25, 0.3) is 0 Å². The molecule has 0 unspecified atom stereocenters. The Morgan fingerprint density at radius 3 is 2.74 bits per heavy atom. The number of fused-ring (bicyclic) bond motifs is 1. The van der Waals surface area contributed by atoms with Crippen LogP contribution in [0.15, 0.2) is 17.6 Å². The van der Waals surface area contributed by atoms with E-state index in [1.165, 1.54) is 16.8 Å². The highest BCUT2D eigenvalue weighted by Gasteiger charge is 2.44. The van der Waals surface area contributed by atoms with Gasteiger partial charge >= 0.3 is 0 Å². The van der Waals surface area contributed by atoms with Crippen molar-refractivity contribution in [3.8, 4) is 0 Å². The smallest absolute Gasteiger partial charge is 0.262 e. The molecule has 1 aromatic rings. The lowest BCUT2D eigenvalue weighted by molar-refractivity contribution is -0.146. The Kier molecular flexibility index (Phi) is 6.97. The summed E-state index contributed by atoms with van der Waals surface area (Å²) in [6, 6.07) is -0.231. The number of rotatable bonds is 5. The van der Waals surface area contributed by atoms with E-state index in [1.807, 2.05) is 0 Å². The Morgan fingerprint density at radius 1 is 1.26 bits per heavy atom. The zero-order valence-corrected chi connectivity index (χ0v) is 18.7. The molecule has 11 heteroatoms. The number of nitrogens with zero attached hydrogens (tertiary/aromatic N) is 3. The number of aryl methyl sites for hydroxylation is 1. The number of ether oxygens (including phenoxy) is 2. The molecule has 3 heterocycles. The number of β-amino-alcohol motifs (C(OH)–C–C–N with tert-alkyl or cyclic N) is 1. The molecule has 2 N–H and O–H groups in total. The number of carbonyl (C=O) groups is 1. The highest BCUT2D eigenvalue weighted by molar-refractivity contribution is 7.89. The van der Waals surface area contributed by atoms with E-state index < -0.39 is 28.3 Å². The van der Waals surface area contributed by atoms with Crippen molar-refractivity contribution >= 4 is 15.9 Å². The average Bonchev–Trinajstić information content (AvgIpc) is 3.37. The highest BCUT2D eigenvalue weighted by atomic mass is 32.2. The van der Waals surface area contributed by atoms with Crippen LogP contribution in [-0.4, -0.2) is 83.4 Å². The monoisotopic (exact) mass is 456 g/mol. The molecule has 2 aliphatic heterocycles. The number of carbonyl (C=O) groups excluding carboxylic acids is 1. The first-order chi connectivity index (χ1) is 14.8. The fourth-order valence-corrected chi connectivity index (χ4v) is 6.46. The number of aliphatic hydroxyl groups is 1. The minimum atomic E-state index is -3.91. The van der Waals surface area contributed by atoms with E-state index in [4.69, 9.17) is 9.47 Å². The second-order valence-electron chi connectivity index (χ2n) is 8.84. The molecule has 0 radical (unpaired) electrons. The van der Waals surface area contributed by atoms with Gasteiger partial charge in [0.1, 0.15) is 0 Å². The lowest BCUT2D eigenvalue weighted by Gasteiger charge is -2.43. The van der Waals surface area contributed by atoms with Gasteiger partial charge in [0, 0.05) is 25.8 Å². The fraction of sp³-hybridized carbons (Fsp3) is 0.800. The van der Waals surface area contributed by atoms with E-state index >= 15 is 0 Å². The Bertz CT molecular complexity index is 869. The molecule has 10 nitrogen and oxygen atoms in total. The largest absolute Gasteiger partial charge is 0.389 e. The normalized spacial score (nSPS) is 31.0. The van der Waals surface area contributed by atoms with Crippen molar-refractivity contribution < 1.29 is 27.8 Å². The molecule has 1 amide bonds. The quantitative estimate of drug-likeness (QED) is 0.647. The molecule has 31 heavy (non-hydrogen) atoms. The van der Waals surface area contributed by atoms with Gasteiger partial charge in [-0.05, 0) is 25.7 Å². The molecule has 1 aromatic heterocycles. The number of aromatic nitrogens is 2. The van der Waals surface area contributed by atoms with Crippen molar-refractivity contribution in [2.75, 3.05) is 19.8 Å². The summed E-state index contributed by atoms with van der Waals surface area (Å²) in [5.74, 6) is -0.0181. The van der Waals surface area contributed by atoms with Crippen LogP contribution in [0.2, 0.25) is 0 Å². The SMILES string of the molecule is Cn1cnc(S(=O)(=O)N2C[C@@H](O)COC[C@H]3O[C@H](CC(=O)NC4CCCC4)CC[C@@H]32)c1. The van der Waals surface area contributed by atoms with Gasteiger partial charge in [-0.15, -0.1) is 0 Å². The maximum atomic E-state index is 13.3. The first-order valence-electron chi connectivity index (χ1n) is 11.0. The van der Waals surface area contributed by atoms with Crippen LogP contribution < -0.4 is 5.32 Å². The van der Waals surface area contributed by atoms with Gasteiger partial charge in [-0.3, -0.25) is 4.79 Å². The molecule has 3 fully saturated rings. The summed E-state index contributed by atoms with van der Waals surface area (Å²) in [5, 5.41) is 13.3. The molecule has 0 spiro atoms. The lowest BCUT2D eigenvalue weighted by Crippen LogP contribution is -2.57. The topological polar surface area (TPSA) is 123 Å². The van der Waals surface area contributed by atoms with Gasteiger partial charge in [-0.1, -0.05) is 12.8 Å². The zero-order valence-electron chi connectivity index (χ0n) is 17.9. The Balaban J connectivity index is 1.46. The Morgan fingerprint density at radius 2 is 2.03 bits per heavy atom. The minimum absolute atomic E-state index is 0.0181. The molecule has 1 aliphatic carbocycles. The van der Waals surface area contributed by atoms with Crippen LogP contribution in [-0.2, 0) is 31.3 Å². The fourth-order valence-electron chi connectivity index (χ4n) is 4.78. The number of hydrogen-bond acceptors (Lipinski definition) is 7. The highest BCUT2D eigenvalue weighted by Crippen LogP contribution is 2.31. The van der Waals surface area contributed by atoms with Crippen molar-refractivity contribution in [1.29, 1.82) is 0 Å². The van der Waals surface area contributed by atoms with Crippen molar-refractivity contribution in [3.63, 3.8) is 0 Å². The van der Waals surface area contributed by atoms with E-state index in [-0.39, 0.29) is 49.3 Å². The molecule has 1 saturated carbocycles. The number of nitrogens with one attached hydrogen (secondary N) is 1. The van der Waals surface area contributed by atoms with Crippen LogP contribution in [0, 0.1) is 0 Å². The summed E-state index contributed by atoms with van der Waals surface area (Å²) in [4.78, 5) is 16.4. The van der Waals surface area contributed by atoms with Gasteiger partial charge in [-0.25, -0.2) is 13.4 Å². The molecule has 2 saturated heterocycles. The Hall–Kier alpha value is -1.53. The van der Waals surface area contributed by atoms with Crippen molar-refractivity contribution in [2.24, 2.45) is 7.05 Å². The summed E-state index contributed by atoms with van der Waals surface area (Å²) in [6.07, 6.45) is 6.85. The van der Waals surface area contributed by atoms with E-state index in [0.717, 1.165) is 25.7 Å². The number of imidazole rings is 1. The predicted octanol–water partition coefficient (Wildman–Crippen LogP) is 0.167. The van der Waals surface area contributed by atoms with E-state index in [1.54, 1.807) is 11.6 Å². The van der Waals surface area contributed by atoms with E-state index in [0.29, 0.717) is 12.8 Å². The predicted molar refractivity (Wildman–Crippen MR) is 111 cm³/mol. The zero-order chi connectivity index (χ0) is 22.0. The molecule has 4 rings (SSSR count). The van der Waals surface area contributed by atoms with Crippen molar-refractivity contribution in [1.82, 2.24) is 19.2 Å². The third kappa shape index (κ3) is 5.28. The minimum Gasteiger partial charge on any atom is -0.389 e. The van der Waals surface area contributed by atoms with Gasteiger partial charge < -0.3 is 24.5 Å². The molecule has 0 aromatic carbocycles. The maximum absolute atomic E-state index is 13.3. The van der Waals surface area contributed by atoms with Crippen LogP contribution in [0.3, 0.4) is 0 Å². The molecular weight excluding hydrogens is 424 g/mol. The Labute approximate surface area is 183 Å². The summed E-state index contributed by atoms with van der Waals surface area (Å²) in [6.45, 7) is 0.0978. The van der Waals surface area contributed by atoms with Gasteiger partial charge in [0.25, 0.3) is 10.0 Å². The van der Waals surface area contributed by atoms with Crippen molar-refractivity contribution in [2.45, 2.75) is 80.4 Å². The number of sulfonamides is 1. The van der Waals surface area contributed by atoms with E-state index in [9.17, 15) is 18.3 Å². The molecule has 0 bridgehead atoms. The summed E-state index contributed by atoms with van der Waals surface area (Å²) < 4.78 is 41.2. The molecule has 4 atom stereocenters. The summed E-state index contributed by atoms with van der Waals surface area (Å²) in [7, 11) is -2.21. The van der Waals surface area contributed by atoms with Gasteiger partial charge in [0.05, 0.1) is 50.3 Å². The van der Waals surface area contributed by atoms with Crippen LogP contribution in [0.1, 0.15) is 44.9 Å². The van der Waals surface area contributed by atoms with Gasteiger partial charge in [0.15, 0.2) is 5.03 Å². The second kappa shape index (κ2) is 9.53. The third-order valence-electron chi connectivity index (χ3n) is 6.32. The van der Waals surface area contributed by atoms with Crippen LogP contribution >= 0.6 is 0 Å². The standard InChI is InChI=1S/C20H32N4O6S/c1-23-10-20(21-13-23)31(27,28)24-9-15(25)11-29-12-18-17(24)7-6-16(30-18)8-19(26)22-14-4-2-3-5-14/h10,13-18,25H,2-9,11-12H2,1H3,(H,22,26)/t15-,16+,17+,18-/m1/s1. The maximum Gasteiger partial charge on any atom is 0.262 e. The van der Waals surface area contributed by atoms with E-state index in [2.05, 4.69) is 10.3 Å². The van der Waals surface area contributed by atoms with Crippen LogP contribution in [0.5, 0.6) is 0 Å². The molecular formula is C20H32N4O6S. The number of hydrogen-bond donors (Lipinski definition) is 2. The first kappa shape index (κ1) is 22.7. The van der Waals surface area contributed by atoms with Gasteiger partial charge in [-0.2, -0.15) is 4.31 Å². The third-order valence-corrected chi connectivity index (χ3v) is 8.10. The first-order valence-corrected chi connectivity index (χ1v) is 12.5. The average molecular weight is 457 g/mol. The van der Waals surface area contributed by atoms with Crippen LogP contribution in [0.4, 0.5) is 0 Å². The summed E-state index contributed by atoms with van der Waals surface area (Å²) >= 11 is 0. The number of amides is 1. The second-order valence-corrected chi connectivity index (χ2v) is 10.7. The number of aliphatic hydroxyl groups excluding tert-OH is 1. The van der Waals surface area contributed by atoms with Crippen molar-refractivity contribution in [3.05, 3.63) is 12.5 Å². The lowest BCUT2D eigenvalue weighted by atomic mass is 9.96. The molecule has 3 aliphatic rings. The summed E-state index contributed by atoms with van der Waals surface area (Å²) in [5.41, 5.74) is 0. The van der Waals surface area contributed by atoms with Gasteiger partial charge in [0.2, 0.25) is 5.91 Å². The molecule has 174 valence electrons.